The summed E-state index contributed by atoms with van der Waals surface area (Å²) in [6.45, 7) is 3.25. The molecule has 0 saturated carbocycles. The van der Waals surface area contributed by atoms with Crippen molar-refractivity contribution in [2.45, 2.75) is 51.1 Å². The predicted octanol–water partition coefficient (Wildman–Crippen LogP) is 3.38. The molecule has 3 amide bonds. The van der Waals surface area contributed by atoms with E-state index in [4.69, 9.17) is 4.42 Å². The second kappa shape index (κ2) is 13.2. The van der Waals surface area contributed by atoms with E-state index in [1.807, 2.05) is 55.6 Å². The Morgan fingerprint density at radius 3 is 2.71 bits per heavy atom. The van der Waals surface area contributed by atoms with Crippen molar-refractivity contribution in [1.82, 2.24) is 20.4 Å². The number of rotatable bonds is 7. The van der Waals surface area contributed by atoms with Gasteiger partial charge in [0.25, 0.3) is 5.91 Å². The molecule has 11 nitrogen and oxygen atoms in total. The Hall–Kier alpha value is -4.85. The van der Waals surface area contributed by atoms with Crippen molar-refractivity contribution in [3.63, 3.8) is 0 Å². The van der Waals surface area contributed by atoms with Crippen molar-refractivity contribution in [2.24, 2.45) is 4.99 Å². The fraction of sp³-hybridized carbons (Fsp3) is 0.387. The predicted molar refractivity (Wildman–Crippen MR) is 158 cm³/mol. The highest BCUT2D eigenvalue weighted by molar-refractivity contribution is 5.98. The van der Waals surface area contributed by atoms with Crippen molar-refractivity contribution in [2.75, 3.05) is 31.5 Å². The Balaban J connectivity index is 1.23. The summed E-state index contributed by atoms with van der Waals surface area (Å²) in [5, 5.41) is 18.8. The lowest BCUT2D eigenvalue weighted by Crippen LogP contribution is -2.49. The average molecular weight is 570 g/mol. The first kappa shape index (κ1) is 28.7. The number of carbonyl (C=O) groups is 3. The van der Waals surface area contributed by atoms with Gasteiger partial charge in [-0.05, 0) is 75.4 Å². The summed E-state index contributed by atoms with van der Waals surface area (Å²) in [7, 11) is 0. The van der Waals surface area contributed by atoms with Crippen LogP contribution in [0.3, 0.4) is 0 Å². The number of furan rings is 1. The van der Waals surface area contributed by atoms with Gasteiger partial charge in [-0.3, -0.25) is 19.7 Å². The number of hydrogen-bond donors (Lipinski definition) is 3. The first-order valence-corrected chi connectivity index (χ1v) is 14.3. The number of amides is 3. The summed E-state index contributed by atoms with van der Waals surface area (Å²) in [6.07, 6.45) is 5.56. The SMILES string of the molecule is Cc1cc2cc(NC(=N[C@H]3CCCCN(CC(=O)N4CCC[C@@H]4CNC(=O)c4ccccc4)C3=O)NC#N)ccc2o1. The summed E-state index contributed by atoms with van der Waals surface area (Å²) in [6, 6.07) is 15.6. The number of fused-ring (bicyclic) bond motifs is 1. The number of anilines is 1. The fourth-order valence-corrected chi connectivity index (χ4v) is 5.59. The van der Waals surface area contributed by atoms with Gasteiger partial charge < -0.3 is 24.9 Å². The van der Waals surface area contributed by atoms with Gasteiger partial charge in [-0.1, -0.05) is 18.2 Å². The third-order valence-electron chi connectivity index (χ3n) is 7.67. The number of aryl methyl sites for hydroxylation is 1. The van der Waals surface area contributed by atoms with Gasteiger partial charge in [0, 0.05) is 42.3 Å². The lowest BCUT2D eigenvalue weighted by molar-refractivity contribution is -0.141. The van der Waals surface area contributed by atoms with Crippen molar-refractivity contribution >= 4 is 40.3 Å². The maximum Gasteiger partial charge on any atom is 0.251 e. The molecule has 2 aliphatic heterocycles. The molecule has 2 atom stereocenters. The number of nitriles is 1. The third-order valence-corrected chi connectivity index (χ3v) is 7.67. The number of likely N-dealkylation sites (tertiary alicyclic amines) is 2. The van der Waals surface area contributed by atoms with E-state index in [1.54, 1.807) is 21.9 Å². The topological polar surface area (TPSA) is 143 Å². The number of nitrogens with zero attached hydrogens (tertiary/aromatic N) is 4. The molecule has 0 bridgehead atoms. The number of guanidine groups is 1. The number of benzene rings is 2. The molecule has 3 N–H and O–H groups in total. The highest BCUT2D eigenvalue weighted by Gasteiger charge is 2.33. The van der Waals surface area contributed by atoms with E-state index in [2.05, 4.69) is 20.9 Å². The van der Waals surface area contributed by atoms with Crippen molar-refractivity contribution in [1.29, 1.82) is 5.26 Å². The zero-order valence-corrected chi connectivity index (χ0v) is 23.6. The number of aliphatic imine (C=N–C) groups is 1. The normalized spacial score (nSPS) is 19.3. The molecule has 42 heavy (non-hydrogen) atoms. The molecule has 3 aromatic rings. The van der Waals surface area contributed by atoms with Crippen LogP contribution < -0.4 is 16.0 Å². The van der Waals surface area contributed by atoms with E-state index in [0.29, 0.717) is 37.3 Å². The molecule has 2 aromatic carbocycles. The van der Waals surface area contributed by atoms with E-state index >= 15 is 0 Å². The van der Waals surface area contributed by atoms with Crippen LogP contribution in [0, 0.1) is 18.4 Å². The van der Waals surface area contributed by atoms with Crippen molar-refractivity contribution < 1.29 is 18.8 Å². The van der Waals surface area contributed by atoms with Gasteiger partial charge in [-0.15, -0.1) is 0 Å². The minimum absolute atomic E-state index is 0.0427. The highest BCUT2D eigenvalue weighted by Crippen LogP contribution is 2.23. The summed E-state index contributed by atoms with van der Waals surface area (Å²) in [4.78, 5) is 47.4. The summed E-state index contributed by atoms with van der Waals surface area (Å²) >= 11 is 0. The largest absolute Gasteiger partial charge is 0.461 e. The molecule has 0 radical (unpaired) electrons. The fourth-order valence-electron chi connectivity index (χ4n) is 5.59. The Labute approximate surface area is 244 Å². The Bertz CT molecular complexity index is 1510. The Kier molecular flexibility index (Phi) is 9.02. The molecule has 2 fully saturated rings. The first-order chi connectivity index (χ1) is 20.4. The van der Waals surface area contributed by atoms with Crippen LogP contribution in [-0.4, -0.2) is 71.7 Å². The zero-order valence-electron chi connectivity index (χ0n) is 23.6. The van der Waals surface area contributed by atoms with Gasteiger partial charge in [-0.2, -0.15) is 5.26 Å². The number of nitrogens with one attached hydrogen (secondary N) is 3. The van der Waals surface area contributed by atoms with E-state index < -0.39 is 6.04 Å². The van der Waals surface area contributed by atoms with E-state index in [0.717, 1.165) is 42.4 Å². The van der Waals surface area contributed by atoms with Gasteiger partial charge in [0.1, 0.15) is 17.4 Å². The Morgan fingerprint density at radius 2 is 1.90 bits per heavy atom. The zero-order chi connectivity index (χ0) is 29.5. The third kappa shape index (κ3) is 6.89. The van der Waals surface area contributed by atoms with Crippen LogP contribution in [0.2, 0.25) is 0 Å². The van der Waals surface area contributed by atoms with Crippen LogP contribution in [0.4, 0.5) is 5.69 Å². The molecular weight excluding hydrogens is 534 g/mol. The monoisotopic (exact) mass is 569 g/mol. The molecule has 2 saturated heterocycles. The second-order valence-electron chi connectivity index (χ2n) is 10.7. The highest BCUT2D eigenvalue weighted by atomic mass is 16.3. The van der Waals surface area contributed by atoms with Gasteiger partial charge in [0.15, 0.2) is 6.19 Å². The summed E-state index contributed by atoms with van der Waals surface area (Å²) < 4.78 is 5.63. The van der Waals surface area contributed by atoms with E-state index in [1.165, 1.54) is 0 Å². The van der Waals surface area contributed by atoms with Gasteiger partial charge in [0.2, 0.25) is 17.8 Å². The summed E-state index contributed by atoms with van der Waals surface area (Å²) in [5.41, 5.74) is 2.02. The lowest BCUT2D eigenvalue weighted by atomic mass is 10.1. The molecule has 0 unspecified atom stereocenters. The number of carbonyl (C=O) groups excluding carboxylic acids is 3. The van der Waals surface area contributed by atoms with Crippen molar-refractivity contribution in [3.8, 4) is 6.19 Å². The molecule has 1 aromatic heterocycles. The minimum Gasteiger partial charge on any atom is -0.461 e. The molecule has 2 aliphatic rings. The molecule has 0 aliphatic carbocycles. The summed E-state index contributed by atoms with van der Waals surface area (Å²) in [5.74, 6) is 0.406. The molecule has 218 valence electrons. The van der Waals surface area contributed by atoms with Crippen LogP contribution in [-0.2, 0) is 9.59 Å². The minimum atomic E-state index is -0.733. The lowest BCUT2D eigenvalue weighted by Gasteiger charge is -2.29. The molecule has 3 heterocycles. The molecular formula is C31H35N7O4. The standard InChI is InChI=1S/C31H35N7O4/c1-21-16-23-17-24(12-13-27(23)42-21)35-31(34-20-32)36-26-11-5-6-14-37(30(26)41)19-28(39)38-15-7-10-25(38)18-33-29(40)22-8-3-2-4-9-22/h2-4,8-9,12-13,16-17,25-26H,5-7,10-11,14-15,18-19H2,1H3,(H,33,40)(H2,34,35,36)/t25-,26+/m1/s1. The maximum atomic E-state index is 13.6. The first-order valence-electron chi connectivity index (χ1n) is 14.3. The average Bonchev–Trinajstić information content (AvgIpc) is 3.58. The maximum absolute atomic E-state index is 13.6. The van der Waals surface area contributed by atoms with Crippen LogP contribution in [0.5, 0.6) is 0 Å². The quantitative estimate of drug-likeness (QED) is 0.171. The van der Waals surface area contributed by atoms with Gasteiger partial charge in [-0.25, -0.2) is 4.99 Å². The van der Waals surface area contributed by atoms with Crippen molar-refractivity contribution in [3.05, 3.63) is 65.9 Å². The Morgan fingerprint density at radius 1 is 1.07 bits per heavy atom. The molecule has 0 spiro atoms. The molecule has 11 heteroatoms. The van der Waals surface area contributed by atoms with Crippen LogP contribution >= 0.6 is 0 Å². The number of hydrogen-bond acceptors (Lipinski definition) is 6. The van der Waals surface area contributed by atoms with Gasteiger partial charge in [0.05, 0.1) is 6.54 Å². The van der Waals surface area contributed by atoms with Crippen LogP contribution in [0.15, 0.2) is 64.0 Å². The van der Waals surface area contributed by atoms with Gasteiger partial charge >= 0.3 is 0 Å². The van der Waals surface area contributed by atoms with Crippen LogP contribution in [0.1, 0.15) is 48.2 Å². The molecule has 5 rings (SSSR count). The van der Waals surface area contributed by atoms with E-state index in [9.17, 15) is 19.6 Å². The van der Waals surface area contributed by atoms with E-state index in [-0.39, 0.29) is 36.3 Å². The smallest absolute Gasteiger partial charge is 0.251 e. The van der Waals surface area contributed by atoms with Crippen LogP contribution in [0.25, 0.3) is 11.0 Å². The second-order valence-corrected chi connectivity index (χ2v) is 10.7.